The molecule has 146 valence electrons. The van der Waals surface area contributed by atoms with Gasteiger partial charge < -0.3 is 9.57 Å². The molecule has 0 spiro atoms. The average Bonchev–Trinajstić information content (AvgIpc) is 2.77. The van der Waals surface area contributed by atoms with E-state index in [1.165, 1.54) is 30.6 Å². The first-order valence-corrected chi connectivity index (χ1v) is 9.19. The molecule has 0 aliphatic carbocycles. The maximum Gasteiger partial charge on any atom is 0.311 e. The largest absolute Gasteiger partial charge is 0.435 e. The molecular formula is C18H13N5O5S. The second-order valence-corrected chi connectivity index (χ2v) is 6.56. The summed E-state index contributed by atoms with van der Waals surface area (Å²) in [6.07, 6.45) is 5.03. The predicted molar refractivity (Wildman–Crippen MR) is 105 cm³/mol. The highest BCUT2D eigenvalue weighted by atomic mass is 32.2. The first-order chi connectivity index (χ1) is 14.1. The topological polar surface area (TPSA) is 129 Å². The van der Waals surface area contributed by atoms with Crippen molar-refractivity contribution in [3.63, 3.8) is 0 Å². The van der Waals surface area contributed by atoms with Crippen molar-refractivity contribution in [2.45, 2.75) is 10.1 Å². The third-order valence-electron chi connectivity index (χ3n) is 3.35. The van der Waals surface area contributed by atoms with Crippen molar-refractivity contribution in [1.29, 1.82) is 0 Å². The van der Waals surface area contributed by atoms with Crippen LogP contribution in [0.3, 0.4) is 0 Å². The normalized spacial score (nSPS) is 12.1. The van der Waals surface area contributed by atoms with E-state index in [1.807, 2.05) is 0 Å². The number of hydrogen-bond donors (Lipinski definition) is 0. The number of nitro groups is 1. The molecule has 1 atom stereocenters. The summed E-state index contributed by atoms with van der Waals surface area (Å²) in [4.78, 5) is 27.6. The van der Waals surface area contributed by atoms with Gasteiger partial charge in [-0.25, -0.2) is 19.2 Å². The lowest BCUT2D eigenvalue weighted by Gasteiger charge is -2.00. The summed E-state index contributed by atoms with van der Waals surface area (Å²) in [5, 5.41) is 14.6. The highest BCUT2D eigenvalue weighted by Gasteiger charge is 2.12. The summed E-state index contributed by atoms with van der Waals surface area (Å²) in [5.41, 5.74) is 0.348. The van der Waals surface area contributed by atoms with E-state index >= 15 is 0 Å². The summed E-state index contributed by atoms with van der Waals surface area (Å²) in [6, 6.07) is 14.1. The highest BCUT2D eigenvalue weighted by Crippen LogP contribution is 2.25. The number of aromatic nitrogens is 2. The lowest BCUT2D eigenvalue weighted by molar-refractivity contribution is -0.385. The minimum Gasteiger partial charge on any atom is -0.435 e. The third kappa shape index (κ3) is 5.49. The third-order valence-corrected chi connectivity index (χ3v) is 4.60. The minimum atomic E-state index is -1.48. The van der Waals surface area contributed by atoms with E-state index in [4.69, 9.17) is 9.57 Å². The zero-order valence-electron chi connectivity index (χ0n) is 14.7. The Morgan fingerprint density at radius 1 is 1.00 bits per heavy atom. The summed E-state index contributed by atoms with van der Waals surface area (Å²) in [5.74, 6) is 0.0350. The molecule has 0 aliphatic heterocycles. The van der Waals surface area contributed by atoms with Crippen LogP contribution in [0.2, 0.25) is 0 Å². The number of aliphatic imine (C=N–C) groups is 1. The molecule has 0 saturated carbocycles. The molecule has 0 bridgehead atoms. The Bertz CT molecular complexity index is 1060. The van der Waals surface area contributed by atoms with Crippen LogP contribution in [0.15, 0.2) is 87.2 Å². The molecular weight excluding hydrogens is 398 g/mol. The van der Waals surface area contributed by atoms with Gasteiger partial charge in [-0.2, -0.15) is 0 Å². The molecule has 0 N–H and O–H groups in total. The molecule has 0 fully saturated rings. The molecule has 3 rings (SSSR count). The van der Waals surface area contributed by atoms with E-state index in [1.54, 1.807) is 36.4 Å². The van der Waals surface area contributed by atoms with Crippen molar-refractivity contribution in [2.75, 3.05) is 0 Å². The van der Waals surface area contributed by atoms with Crippen LogP contribution in [0, 0.1) is 10.1 Å². The predicted octanol–water partition coefficient (Wildman–Crippen LogP) is 3.25. The van der Waals surface area contributed by atoms with Crippen LogP contribution in [0.5, 0.6) is 5.75 Å². The molecule has 0 amide bonds. The van der Waals surface area contributed by atoms with Crippen molar-refractivity contribution < 1.29 is 18.7 Å². The van der Waals surface area contributed by atoms with Gasteiger partial charge in [0.15, 0.2) is 0 Å². The maximum absolute atomic E-state index is 12.3. The minimum absolute atomic E-state index is 0.0350. The number of rotatable bonds is 8. The Labute approximate surface area is 167 Å². The number of ether oxygens (including phenoxy) is 1. The standard InChI is InChI=1S/C18H13N5O5S/c24-23(25)16-4-1-2-5-17(16)27-13-22-28-12-21-14-6-8-15(9-7-14)29(26)18-19-10-3-11-20-18/h1-13H. The number of benzene rings is 2. The fourth-order valence-corrected chi connectivity index (χ4v) is 2.97. The van der Waals surface area contributed by atoms with Gasteiger partial charge in [0, 0.05) is 23.4 Å². The fourth-order valence-electron chi connectivity index (χ4n) is 2.06. The monoisotopic (exact) mass is 411 g/mol. The van der Waals surface area contributed by atoms with Crippen LogP contribution in [-0.2, 0) is 15.6 Å². The summed E-state index contributed by atoms with van der Waals surface area (Å²) in [7, 11) is -1.48. The van der Waals surface area contributed by atoms with E-state index in [0.29, 0.717) is 10.6 Å². The Hall–Kier alpha value is -3.99. The van der Waals surface area contributed by atoms with E-state index in [-0.39, 0.29) is 16.6 Å². The number of oxime groups is 1. The molecule has 3 aromatic rings. The van der Waals surface area contributed by atoms with Crippen LogP contribution in [0.25, 0.3) is 0 Å². The second kappa shape index (κ2) is 9.80. The summed E-state index contributed by atoms with van der Waals surface area (Å²) < 4.78 is 17.4. The van der Waals surface area contributed by atoms with Crippen LogP contribution in [0.1, 0.15) is 0 Å². The van der Waals surface area contributed by atoms with Gasteiger partial charge in [0.2, 0.25) is 23.7 Å². The first kappa shape index (κ1) is 19.8. The van der Waals surface area contributed by atoms with Gasteiger partial charge in [-0.1, -0.05) is 12.1 Å². The SMILES string of the molecule is O=[N+]([O-])c1ccccc1OC=NOC=Nc1ccc(S(=O)c2ncccn2)cc1. The van der Waals surface area contributed by atoms with Crippen molar-refractivity contribution >= 4 is 35.0 Å². The van der Waals surface area contributed by atoms with Gasteiger partial charge in [-0.3, -0.25) is 10.1 Å². The van der Waals surface area contributed by atoms with Crippen LogP contribution < -0.4 is 4.74 Å². The van der Waals surface area contributed by atoms with Gasteiger partial charge in [-0.15, -0.1) is 0 Å². The first-order valence-electron chi connectivity index (χ1n) is 8.04. The molecule has 1 heterocycles. The summed E-state index contributed by atoms with van der Waals surface area (Å²) in [6.45, 7) is 0. The molecule has 1 aromatic heterocycles. The highest BCUT2D eigenvalue weighted by molar-refractivity contribution is 7.84. The molecule has 0 aliphatic rings. The Kier molecular flexibility index (Phi) is 6.68. The number of hydrogen-bond acceptors (Lipinski definition) is 9. The molecule has 11 heteroatoms. The van der Waals surface area contributed by atoms with Crippen molar-refractivity contribution in [3.05, 3.63) is 77.1 Å². The van der Waals surface area contributed by atoms with Gasteiger partial charge in [0.05, 0.1) is 10.6 Å². The van der Waals surface area contributed by atoms with Gasteiger partial charge in [0.1, 0.15) is 10.8 Å². The van der Waals surface area contributed by atoms with E-state index in [9.17, 15) is 14.3 Å². The molecule has 0 saturated heterocycles. The molecule has 2 aromatic carbocycles. The zero-order valence-corrected chi connectivity index (χ0v) is 15.5. The summed E-state index contributed by atoms with van der Waals surface area (Å²) >= 11 is 0. The maximum atomic E-state index is 12.3. The van der Waals surface area contributed by atoms with Gasteiger partial charge in [0.25, 0.3) is 0 Å². The van der Waals surface area contributed by atoms with Crippen LogP contribution in [-0.4, -0.2) is 31.9 Å². The molecule has 1 unspecified atom stereocenters. The molecule has 10 nitrogen and oxygen atoms in total. The average molecular weight is 411 g/mol. The lowest BCUT2D eigenvalue weighted by atomic mass is 10.3. The van der Waals surface area contributed by atoms with Gasteiger partial charge in [-0.05, 0) is 41.6 Å². The molecule has 29 heavy (non-hydrogen) atoms. The number of nitrogens with zero attached hydrogens (tertiary/aromatic N) is 5. The number of nitro benzene ring substituents is 1. The fraction of sp³-hybridized carbons (Fsp3) is 0. The Balaban J connectivity index is 1.53. The van der Waals surface area contributed by atoms with Gasteiger partial charge >= 0.3 is 5.69 Å². The van der Waals surface area contributed by atoms with E-state index in [2.05, 4.69) is 20.1 Å². The van der Waals surface area contributed by atoms with Crippen molar-refractivity contribution in [2.24, 2.45) is 10.1 Å². The van der Waals surface area contributed by atoms with Crippen LogP contribution >= 0.6 is 0 Å². The number of para-hydroxylation sites is 2. The Morgan fingerprint density at radius 2 is 1.72 bits per heavy atom. The van der Waals surface area contributed by atoms with E-state index in [0.717, 1.165) is 12.8 Å². The Morgan fingerprint density at radius 3 is 2.45 bits per heavy atom. The quantitative estimate of drug-likeness (QED) is 0.183. The van der Waals surface area contributed by atoms with Crippen molar-refractivity contribution in [1.82, 2.24) is 9.97 Å². The van der Waals surface area contributed by atoms with E-state index < -0.39 is 15.7 Å². The molecule has 0 radical (unpaired) electrons. The lowest BCUT2D eigenvalue weighted by Crippen LogP contribution is -1.98. The zero-order chi connectivity index (χ0) is 20.5. The van der Waals surface area contributed by atoms with Crippen molar-refractivity contribution in [3.8, 4) is 5.75 Å². The second-order valence-electron chi connectivity index (χ2n) is 5.19. The smallest absolute Gasteiger partial charge is 0.311 e. The van der Waals surface area contributed by atoms with Crippen LogP contribution in [0.4, 0.5) is 11.4 Å².